The van der Waals surface area contributed by atoms with Crippen molar-refractivity contribution in [2.24, 2.45) is 0 Å². The van der Waals surface area contributed by atoms with Crippen LogP contribution in [0.1, 0.15) is 10.4 Å². The fourth-order valence-corrected chi connectivity index (χ4v) is 3.51. The van der Waals surface area contributed by atoms with Gasteiger partial charge in [-0.2, -0.15) is 0 Å². The largest absolute Gasteiger partial charge is 0.338 e. The van der Waals surface area contributed by atoms with Crippen molar-refractivity contribution >= 4 is 34.3 Å². The van der Waals surface area contributed by atoms with Crippen molar-refractivity contribution in [3.63, 3.8) is 0 Å². The van der Waals surface area contributed by atoms with E-state index in [9.17, 15) is 4.79 Å². The van der Waals surface area contributed by atoms with E-state index in [2.05, 4.69) is 20.4 Å². The number of hydrogen-bond donors (Lipinski definition) is 1. The molecular weight excluding hydrogens is 412 g/mol. The van der Waals surface area contributed by atoms with Crippen LogP contribution in [0.2, 0.25) is 5.02 Å². The molecule has 3 heterocycles. The van der Waals surface area contributed by atoms with E-state index >= 15 is 0 Å². The van der Waals surface area contributed by atoms with E-state index in [-0.39, 0.29) is 11.8 Å². The number of para-hydroxylation sites is 1. The molecular formula is C24H15ClN4O2. The highest BCUT2D eigenvalue weighted by Gasteiger charge is 2.16. The van der Waals surface area contributed by atoms with Crippen LogP contribution < -0.4 is 5.32 Å². The van der Waals surface area contributed by atoms with Crippen LogP contribution in [0.3, 0.4) is 0 Å². The summed E-state index contributed by atoms with van der Waals surface area (Å²) in [5.41, 5.74) is 4.05. The SMILES string of the molecule is O=C(Nc1cc(-c2cccc(Cl)c2)no1)c1cc(-c2cccnc2)nc2ccccc12. The molecule has 0 fully saturated rings. The molecule has 0 atom stereocenters. The first-order chi connectivity index (χ1) is 15.2. The van der Waals surface area contributed by atoms with E-state index in [0.29, 0.717) is 27.5 Å². The van der Waals surface area contributed by atoms with Gasteiger partial charge in [-0.1, -0.05) is 47.1 Å². The van der Waals surface area contributed by atoms with Crippen LogP contribution in [-0.4, -0.2) is 21.0 Å². The number of carbonyl (C=O) groups excluding carboxylic acids is 1. The molecule has 5 rings (SSSR count). The molecule has 0 saturated carbocycles. The third-order valence-electron chi connectivity index (χ3n) is 4.79. The Morgan fingerprint density at radius 3 is 2.61 bits per heavy atom. The molecule has 150 valence electrons. The second-order valence-electron chi connectivity index (χ2n) is 6.85. The number of anilines is 1. The van der Waals surface area contributed by atoms with Crippen LogP contribution in [0.25, 0.3) is 33.4 Å². The number of pyridine rings is 2. The van der Waals surface area contributed by atoms with Gasteiger partial charge in [0.1, 0.15) is 5.69 Å². The number of halogens is 1. The van der Waals surface area contributed by atoms with Gasteiger partial charge < -0.3 is 4.52 Å². The van der Waals surface area contributed by atoms with Crippen molar-refractivity contribution in [2.45, 2.75) is 0 Å². The standard InChI is InChI=1S/C24H15ClN4O2/c25-17-7-3-5-15(11-17)22-13-23(31-29-22)28-24(30)19-12-21(16-6-4-10-26-14-16)27-20-9-2-1-8-18(19)20/h1-14H,(H,28,30). The minimum absolute atomic E-state index is 0.240. The maximum absolute atomic E-state index is 13.1. The fraction of sp³-hybridized carbons (Fsp3) is 0. The predicted octanol–water partition coefficient (Wildman–Crippen LogP) is 5.86. The Morgan fingerprint density at radius 2 is 1.77 bits per heavy atom. The quantitative estimate of drug-likeness (QED) is 0.389. The summed E-state index contributed by atoms with van der Waals surface area (Å²) in [5.74, 6) is -0.0821. The summed E-state index contributed by atoms with van der Waals surface area (Å²) in [7, 11) is 0. The molecule has 5 aromatic rings. The summed E-state index contributed by atoms with van der Waals surface area (Å²) >= 11 is 6.05. The van der Waals surface area contributed by atoms with E-state index in [1.165, 1.54) is 0 Å². The Morgan fingerprint density at radius 1 is 0.903 bits per heavy atom. The lowest BCUT2D eigenvalue weighted by Crippen LogP contribution is -2.12. The molecule has 0 aliphatic rings. The summed E-state index contributed by atoms with van der Waals surface area (Å²) in [4.78, 5) is 22.0. The summed E-state index contributed by atoms with van der Waals surface area (Å²) in [5, 5.41) is 8.15. The van der Waals surface area contributed by atoms with Crippen molar-refractivity contribution in [3.8, 4) is 22.5 Å². The topological polar surface area (TPSA) is 80.9 Å². The summed E-state index contributed by atoms with van der Waals surface area (Å²) in [6.45, 7) is 0. The zero-order chi connectivity index (χ0) is 21.2. The molecule has 3 aromatic heterocycles. The lowest BCUT2D eigenvalue weighted by molar-refractivity contribution is 0.102. The number of benzene rings is 2. The minimum Gasteiger partial charge on any atom is -0.338 e. The first kappa shape index (κ1) is 19.0. The van der Waals surface area contributed by atoms with Crippen molar-refractivity contribution in [1.82, 2.24) is 15.1 Å². The van der Waals surface area contributed by atoms with Gasteiger partial charge in [0.05, 0.1) is 16.8 Å². The predicted molar refractivity (Wildman–Crippen MR) is 120 cm³/mol. The first-order valence-corrected chi connectivity index (χ1v) is 9.89. The average Bonchev–Trinajstić information content (AvgIpc) is 3.27. The lowest BCUT2D eigenvalue weighted by atomic mass is 10.0. The van der Waals surface area contributed by atoms with Gasteiger partial charge in [-0.15, -0.1) is 0 Å². The Balaban J connectivity index is 1.50. The highest BCUT2D eigenvalue weighted by atomic mass is 35.5. The molecule has 2 aromatic carbocycles. The van der Waals surface area contributed by atoms with E-state index in [1.807, 2.05) is 48.5 Å². The molecule has 6 nitrogen and oxygen atoms in total. The van der Waals surface area contributed by atoms with Crippen LogP contribution in [-0.2, 0) is 0 Å². The van der Waals surface area contributed by atoms with E-state index < -0.39 is 0 Å². The summed E-state index contributed by atoms with van der Waals surface area (Å²) in [6.07, 6.45) is 3.41. The molecule has 7 heteroatoms. The second-order valence-corrected chi connectivity index (χ2v) is 7.29. The van der Waals surface area contributed by atoms with Crippen LogP contribution in [0.4, 0.5) is 5.88 Å². The maximum Gasteiger partial charge on any atom is 0.258 e. The van der Waals surface area contributed by atoms with Crippen LogP contribution in [0.15, 0.2) is 89.7 Å². The van der Waals surface area contributed by atoms with E-state index in [4.69, 9.17) is 16.1 Å². The average molecular weight is 427 g/mol. The number of hydrogen-bond acceptors (Lipinski definition) is 5. The molecule has 1 amide bonds. The van der Waals surface area contributed by atoms with Crippen LogP contribution in [0.5, 0.6) is 0 Å². The van der Waals surface area contributed by atoms with Gasteiger partial charge >= 0.3 is 0 Å². The van der Waals surface area contributed by atoms with Crippen molar-refractivity contribution in [2.75, 3.05) is 5.32 Å². The van der Waals surface area contributed by atoms with Gasteiger partial charge in [0.15, 0.2) is 0 Å². The second kappa shape index (κ2) is 8.01. The van der Waals surface area contributed by atoms with Gasteiger partial charge in [0, 0.05) is 40.0 Å². The number of nitrogens with zero attached hydrogens (tertiary/aromatic N) is 3. The van der Waals surface area contributed by atoms with Gasteiger partial charge in [-0.05, 0) is 36.4 Å². The highest BCUT2D eigenvalue weighted by Crippen LogP contribution is 2.27. The third kappa shape index (κ3) is 3.89. The molecule has 0 spiro atoms. The van der Waals surface area contributed by atoms with Gasteiger partial charge in [-0.25, -0.2) is 4.98 Å². The van der Waals surface area contributed by atoms with Gasteiger partial charge in [0.25, 0.3) is 5.91 Å². The van der Waals surface area contributed by atoms with Crippen LogP contribution in [0, 0.1) is 0 Å². The van der Waals surface area contributed by atoms with Crippen molar-refractivity contribution in [3.05, 3.63) is 95.8 Å². The van der Waals surface area contributed by atoms with Crippen molar-refractivity contribution < 1.29 is 9.32 Å². The molecule has 0 unspecified atom stereocenters. The molecule has 31 heavy (non-hydrogen) atoms. The Bertz CT molecular complexity index is 1400. The zero-order valence-electron chi connectivity index (χ0n) is 16.1. The molecule has 0 saturated heterocycles. The van der Waals surface area contributed by atoms with Crippen LogP contribution >= 0.6 is 11.6 Å². The third-order valence-corrected chi connectivity index (χ3v) is 5.02. The molecule has 0 aliphatic carbocycles. The molecule has 0 radical (unpaired) electrons. The number of aromatic nitrogens is 3. The number of amides is 1. The lowest BCUT2D eigenvalue weighted by Gasteiger charge is -2.09. The summed E-state index contributed by atoms with van der Waals surface area (Å²) in [6, 6.07) is 21.9. The van der Waals surface area contributed by atoms with Gasteiger partial charge in [0.2, 0.25) is 5.88 Å². The monoisotopic (exact) mass is 426 g/mol. The number of carbonyl (C=O) groups is 1. The van der Waals surface area contributed by atoms with Crippen molar-refractivity contribution in [1.29, 1.82) is 0 Å². The molecule has 0 bridgehead atoms. The Hall–Kier alpha value is -4.03. The number of rotatable bonds is 4. The van der Waals surface area contributed by atoms with E-state index in [0.717, 1.165) is 16.5 Å². The normalized spacial score (nSPS) is 10.9. The zero-order valence-corrected chi connectivity index (χ0v) is 16.9. The van der Waals surface area contributed by atoms with E-state index in [1.54, 1.807) is 36.7 Å². The Labute approximate surface area is 182 Å². The molecule has 0 aliphatic heterocycles. The maximum atomic E-state index is 13.1. The van der Waals surface area contributed by atoms with Gasteiger partial charge in [-0.3, -0.25) is 15.1 Å². The Kier molecular flexibility index (Phi) is 4.90. The summed E-state index contributed by atoms with van der Waals surface area (Å²) < 4.78 is 5.33. The number of nitrogens with one attached hydrogen (secondary N) is 1. The fourth-order valence-electron chi connectivity index (χ4n) is 3.32. The first-order valence-electron chi connectivity index (χ1n) is 9.51. The minimum atomic E-state index is -0.322. The molecule has 1 N–H and O–H groups in total. The smallest absolute Gasteiger partial charge is 0.258 e. The number of fused-ring (bicyclic) bond motifs is 1. The highest BCUT2D eigenvalue weighted by molar-refractivity contribution is 6.30.